The second kappa shape index (κ2) is 8.18. The molecule has 128 valence electrons. The SMILES string of the molecule is COc1ccc(Cc2nnc(SCc3ccccc3Cl)[nH]c2=O)cc1. The largest absolute Gasteiger partial charge is 0.497 e. The molecule has 25 heavy (non-hydrogen) atoms. The number of nitrogens with one attached hydrogen (secondary N) is 1. The molecular formula is C18H16ClN3O2S. The lowest BCUT2D eigenvalue weighted by molar-refractivity contribution is 0.414. The fourth-order valence-electron chi connectivity index (χ4n) is 2.22. The minimum Gasteiger partial charge on any atom is -0.497 e. The number of nitrogens with zero attached hydrogens (tertiary/aromatic N) is 2. The summed E-state index contributed by atoms with van der Waals surface area (Å²) in [6, 6.07) is 15.1. The minimum atomic E-state index is -0.229. The first kappa shape index (κ1) is 17.5. The molecular weight excluding hydrogens is 358 g/mol. The number of thioether (sulfide) groups is 1. The van der Waals surface area contributed by atoms with Crippen LogP contribution in [0.1, 0.15) is 16.8 Å². The van der Waals surface area contributed by atoms with Gasteiger partial charge in [0.05, 0.1) is 7.11 Å². The highest BCUT2D eigenvalue weighted by atomic mass is 35.5. The number of benzene rings is 2. The summed E-state index contributed by atoms with van der Waals surface area (Å²) in [5, 5.41) is 9.35. The van der Waals surface area contributed by atoms with Gasteiger partial charge in [0, 0.05) is 17.2 Å². The van der Waals surface area contributed by atoms with Crippen LogP contribution in [-0.2, 0) is 12.2 Å². The Balaban J connectivity index is 1.68. The molecule has 1 heterocycles. The van der Waals surface area contributed by atoms with Crippen LogP contribution in [0.5, 0.6) is 5.75 Å². The van der Waals surface area contributed by atoms with Gasteiger partial charge in [-0.3, -0.25) is 9.78 Å². The number of hydrogen-bond acceptors (Lipinski definition) is 5. The summed E-state index contributed by atoms with van der Waals surface area (Å²) in [6.45, 7) is 0. The van der Waals surface area contributed by atoms with E-state index in [1.807, 2.05) is 48.5 Å². The summed E-state index contributed by atoms with van der Waals surface area (Å²) < 4.78 is 5.12. The number of halogens is 1. The first-order valence-corrected chi connectivity index (χ1v) is 8.97. The normalized spacial score (nSPS) is 10.6. The molecule has 3 aromatic rings. The van der Waals surface area contributed by atoms with E-state index in [0.29, 0.717) is 28.0 Å². The molecule has 5 nitrogen and oxygen atoms in total. The van der Waals surface area contributed by atoms with Gasteiger partial charge >= 0.3 is 0 Å². The van der Waals surface area contributed by atoms with Gasteiger partial charge in [-0.1, -0.05) is 53.7 Å². The van der Waals surface area contributed by atoms with Crippen LogP contribution in [0, 0.1) is 0 Å². The Hall–Kier alpha value is -2.31. The van der Waals surface area contributed by atoms with Gasteiger partial charge in [-0.25, -0.2) is 0 Å². The molecule has 0 saturated heterocycles. The van der Waals surface area contributed by atoms with E-state index in [4.69, 9.17) is 16.3 Å². The molecule has 7 heteroatoms. The molecule has 0 atom stereocenters. The monoisotopic (exact) mass is 373 g/mol. The molecule has 0 bridgehead atoms. The van der Waals surface area contributed by atoms with E-state index < -0.39 is 0 Å². The standard InChI is InChI=1S/C18H16ClN3O2S/c1-24-14-8-6-12(7-9-14)10-16-17(23)20-18(22-21-16)25-11-13-4-2-3-5-15(13)19/h2-9H,10-11H2,1H3,(H,20,22,23). The van der Waals surface area contributed by atoms with Crippen LogP contribution >= 0.6 is 23.4 Å². The van der Waals surface area contributed by atoms with Gasteiger partial charge in [0.15, 0.2) is 5.16 Å². The van der Waals surface area contributed by atoms with Crippen LogP contribution in [0.15, 0.2) is 58.5 Å². The van der Waals surface area contributed by atoms with Gasteiger partial charge in [0.1, 0.15) is 11.4 Å². The van der Waals surface area contributed by atoms with E-state index in [2.05, 4.69) is 15.2 Å². The average Bonchev–Trinajstić information content (AvgIpc) is 2.64. The number of aromatic nitrogens is 3. The van der Waals surface area contributed by atoms with Crippen molar-refractivity contribution in [1.82, 2.24) is 15.2 Å². The lowest BCUT2D eigenvalue weighted by atomic mass is 10.1. The van der Waals surface area contributed by atoms with Crippen LogP contribution in [-0.4, -0.2) is 22.3 Å². The van der Waals surface area contributed by atoms with Crippen molar-refractivity contribution in [3.8, 4) is 5.75 Å². The van der Waals surface area contributed by atoms with E-state index >= 15 is 0 Å². The number of hydrogen-bond donors (Lipinski definition) is 1. The Labute approximate surface area is 154 Å². The van der Waals surface area contributed by atoms with E-state index in [9.17, 15) is 4.79 Å². The van der Waals surface area contributed by atoms with E-state index in [0.717, 1.165) is 16.9 Å². The Morgan fingerprint density at radius 3 is 2.56 bits per heavy atom. The highest BCUT2D eigenvalue weighted by Crippen LogP contribution is 2.23. The van der Waals surface area contributed by atoms with Crippen LogP contribution in [0.25, 0.3) is 0 Å². The van der Waals surface area contributed by atoms with Crippen molar-refractivity contribution in [2.75, 3.05) is 7.11 Å². The summed E-state index contributed by atoms with van der Waals surface area (Å²) in [7, 11) is 1.62. The van der Waals surface area contributed by atoms with Crippen molar-refractivity contribution in [2.24, 2.45) is 0 Å². The lowest BCUT2D eigenvalue weighted by Crippen LogP contribution is -2.17. The van der Waals surface area contributed by atoms with Gasteiger partial charge in [0.25, 0.3) is 5.56 Å². The number of methoxy groups -OCH3 is 1. The molecule has 0 aliphatic rings. The lowest BCUT2D eigenvalue weighted by Gasteiger charge is -2.05. The smallest absolute Gasteiger partial charge is 0.273 e. The Morgan fingerprint density at radius 1 is 1.12 bits per heavy atom. The van der Waals surface area contributed by atoms with Gasteiger partial charge in [-0.05, 0) is 29.3 Å². The Kier molecular flexibility index (Phi) is 5.73. The van der Waals surface area contributed by atoms with E-state index in [1.54, 1.807) is 7.11 Å². The summed E-state index contributed by atoms with van der Waals surface area (Å²) in [5.74, 6) is 1.39. The van der Waals surface area contributed by atoms with Crippen LogP contribution in [0.3, 0.4) is 0 Å². The maximum Gasteiger partial charge on any atom is 0.273 e. The number of rotatable bonds is 6. The van der Waals surface area contributed by atoms with Crippen molar-refractivity contribution in [3.63, 3.8) is 0 Å². The van der Waals surface area contributed by atoms with Crippen LogP contribution in [0.2, 0.25) is 5.02 Å². The molecule has 0 saturated carbocycles. The van der Waals surface area contributed by atoms with Crippen molar-refractivity contribution in [3.05, 3.63) is 80.7 Å². The first-order chi connectivity index (χ1) is 12.2. The number of H-pyrrole nitrogens is 1. The molecule has 0 fully saturated rings. The third-order valence-electron chi connectivity index (χ3n) is 3.60. The number of ether oxygens (including phenoxy) is 1. The molecule has 1 aromatic heterocycles. The fourth-order valence-corrected chi connectivity index (χ4v) is 3.31. The zero-order valence-electron chi connectivity index (χ0n) is 13.5. The van der Waals surface area contributed by atoms with Crippen LogP contribution in [0.4, 0.5) is 0 Å². The summed E-state index contributed by atoms with van der Waals surface area (Å²) in [6.07, 6.45) is 0.418. The molecule has 0 radical (unpaired) electrons. The molecule has 2 aromatic carbocycles. The Bertz CT molecular complexity index is 913. The molecule has 0 aliphatic carbocycles. The predicted octanol–water partition coefficient (Wildman–Crippen LogP) is 3.71. The molecule has 3 rings (SSSR count). The van der Waals surface area contributed by atoms with E-state index in [1.165, 1.54) is 11.8 Å². The van der Waals surface area contributed by atoms with Gasteiger partial charge in [0.2, 0.25) is 0 Å². The summed E-state index contributed by atoms with van der Waals surface area (Å²) >= 11 is 7.52. The second-order valence-corrected chi connectivity index (χ2v) is 6.68. The van der Waals surface area contributed by atoms with Crippen molar-refractivity contribution < 1.29 is 4.74 Å². The van der Waals surface area contributed by atoms with Gasteiger partial charge < -0.3 is 4.74 Å². The third kappa shape index (κ3) is 4.61. The quantitative estimate of drug-likeness (QED) is 0.667. The van der Waals surface area contributed by atoms with Crippen LogP contribution < -0.4 is 10.3 Å². The number of aromatic amines is 1. The summed E-state index contributed by atoms with van der Waals surface area (Å²) in [4.78, 5) is 15.0. The molecule has 0 aliphatic heterocycles. The molecule has 0 spiro atoms. The van der Waals surface area contributed by atoms with Gasteiger partial charge in [-0.15, -0.1) is 10.2 Å². The Morgan fingerprint density at radius 2 is 1.88 bits per heavy atom. The van der Waals surface area contributed by atoms with Gasteiger partial charge in [-0.2, -0.15) is 0 Å². The maximum absolute atomic E-state index is 12.2. The molecule has 1 N–H and O–H groups in total. The van der Waals surface area contributed by atoms with E-state index in [-0.39, 0.29) is 5.56 Å². The average molecular weight is 374 g/mol. The summed E-state index contributed by atoms with van der Waals surface area (Å²) in [5.41, 5.74) is 2.11. The highest BCUT2D eigenvalue weighted by molar-refractivity contribution is 7.98. The predicted molar refractivity (Wildman–Crippen MR) is 99.5 cm³/mol. The maximum atomic E-state index is 12.2. The van der Waals surface area contributed by atoms with Crippen molar-refractivity contribution in [1.29, 1.82) is 0 Å². The van der Waals surface area contributed by atoms with Crippen molar-refractivity contribution in [2.45, 2.75) is 17.3 Å². The zero-order chi connectivity index (χ0) is 17.6. The molecule has 0 unspecified atom stereocenters. The fraction of sp³-hybridized carbons (Fsp3) is 0.167. The van der Waals surface area contributed by atoms with Crippen molar-refractivity contribution >= 4 is 23.4 Å². The zero-order valence-corrected chi connectivity index (χ0v) is 15.1. The second-order valence-electron chi connectivity index (χ2n) is 5.31. The third-order valence-corrected chi connectivity index (χ3v) is 4.88. The first-order valence-electron chi connectivity index (χ1n) is 7.60. The minimum absolute atomic E-state index is 0.229. The molecule has 0 amide bonds. The topological polar surface area (TPSA) is 67.9 Å². The highest BCUT2D eigenvalue weighted by Gasteiger charge is 2.08.